The first-order chi connectivity index (χ1) is 8.58. The van der Waals surface area contributed by atoms with E-state index in [1.54, 1.807) is 22.7 Å². The molecule has 18 heavy (non-hydrogen) atoms. The zero-order valence-corrected chi connectivity index (χ0v) is 10.3. The highest BCUT2D eigenvalue weighted by molar-refractivity contribution is 5.77. The molecule has 1 unspecified atom stereocenters. The number of hydrogen-bond donors (Lipinski definition) is 1. The van der Waals surface area contributed by atoms with Gasteiger partial charge in [-0.3, -0.25) is 14.3 Å². The third-order valence-electron chi connectivity index (χ3n) is 3.47. The van der Waals surface area contributed by atoms with Crippen molar-refractivity contribution >= 4 is 11.9 Å². The highest BCUT2D eigenvalue weighted by Gasteiger charge is 2.36. The predicted octanol–water partition coefficient (Wildman–Crippen LogP) is 0.452. The lowest BCUT2D eigenvalue weighted by Gasteiger charge is -2.41. The summed E-state index contributed by atoms with van der Waals surface area (Å²) in [6.45, 7) is 3.39. The summed E-state index contributed by atoms with van der Waals surface area (Å²) in [6, 6.07) is 1.82. The molecule has 0 aliphatic carbocycles. The molecule has 0 radical (unpaired) electrons. The highest BCUT2D eigenvalue weighted by atomic mass is 16.4. The van der Waals surface area contributed by atoms with Crippen molar-refractivity contribution in [3.63, 3.8) is 0 Å². The van der Waals surface area contributed by atoms with E-state index in [0.717, 1.165) is 0 Å². The number of carbonyl (C=O) groups is 2. The molecule has 0 bridgehead atoms. The fourth-order valence-electron chi connectivity index (χ4n) is 2.04. The third-order valence-corrected chi connectivity index (χ3v) is 3.47. The van der Waals surface area contributed by atoms with E-state index in [1.165, 1.54) is 0 Å². The van der Waals surface area contributed by atoms with Gasteiger partial charge < -0.3 is 10.0 Å². The van der Waals surface area contributed by atoms with Crippen LogP contribution in [0.2, 0.25) is 0 Å². The Hall–Kier alpha value is -1.85. The standard InChI is InChI=1S/C12H17N3O3/c1-9(12(17)18)10-7-14(8-10)11(16)3-6-15-5-2-4-13-15/h2,4-5,9-10H,3,6-8H2,1H3,(H,17,18). The fraction of sp³-hybridized carbons (Fsp3) is 0.583. The topological polar surface area (TPSA) is 75.4 Å². The van der Waals surface area contributed by atoms with Crippen molar-refractivity contribution in [2.45, 2.75) is 19.9 Å². The molecule has 2 heterocycles. The van der Waals surface area contributed by atoms with Crippen molar-refractivity contribution < 1.29 is 14.7 Å². The number of aryl methyl sites for hydroxylation is 1. The van der Waals surface area contributed by atoms with Crippen LogP contribution in [0.1, 0.15) is 13.3 Å². The number of amides is 1. The summed E-state index contributed by atoms with van der Waals surface area (Å²) >= 11 is 0. The first kappa shape index (κ1) is 12.6. The molecule has 1 N–H and O–H groups in total. The smallest absolute Gasteiger partial charge is 0.306 e. The molecule has 1 aromatic rings. The summed E-state index contributed by atoms with van der Waals surface area (Å²) in [5.41, 5.74) is 0. The minimum atomic E-state index is -0.788. The first-order valence-electron chi connectivity index (χ1n) is 6.06. The molecule has 98 valence electrons. The Bertz CT molecular complexity index is 424. The fourth-order valence-corrected chi connectivity index (χ4v) is 2.04. The van der Waals surface area contributed by atoms with Gasteiger partial charge in [-0.05, 0) is 6.07 Å². The number of aliphatic carboxylic acids is 1. The molecular weight excluding hydrogens is 234 g/mol. The van der Waals surface area contributed by atoms with Gasteiger partial charge in [-0.15, -0.1) is 0 Å². The van der Waals surface area contributed by atoms with Crippen LogP contribution in [0.25, 0.3) is 0 Å². The lowest BCUT2D eigenvalue weighted by Crippen LogP contribution is -2.53. The van der Waals surface area contributed by atoms with Crippen LogP contribution in [-0.2, 0) is 16.1 Å². The van der Waals surface area contributed by atoms with Crippen molar-refractivity contribution in [2.75, 3.05) is 13.1 Å². The van der Waals surface area contributed by atoms with Gasteiger partial charge in [0.2, 0.25) is 5.91 Å². The van der Waals surface area contributed by atoms with Crippen LogP contribution in [0.4, 0.5) is 0 Å². The van der Waals surface area contributed by atoms with E-state index in [9.17, 15) is 9.59 Å². The molecule has 0 aromatic carbocycles. The van der Waals surface area contributed by atoms with Gasteiger partial charge in [0.25, 0.3) is 0 Å². The summed E-state index contributed by atoms with van der Waals surface area (Å²) < 4.78 is 1.72. The zero-order valence-electron chi connectivity index (χ0n) is 10.3. The highest BCUT2D eigenvalue weighted by Crippen LogP contribution is 2.24. The van der Waals surface area contributed by atoms with Crippen molar-refractivity contribution in [2.24, 2.45) is 11.8 Å². The molecule has 1 aromatic heterocycles. The number of aromatic nitrogens is 2. The monoisotopic (exact) mass is 251 g/mol. The van der Waals surface area contributed by atoms with Crippen LogP contribution in [0.15, 0.2) is 18.5 Å². The Labute approximate surface area is 105 Å². The molecule has 0 saturated carbocycles. The Kier molecular flexibility index (Phi) is 3.64. The predicted molar refractivity (Wildman–Crippen MR) is 63.7 cm³/mol. The molecule has 0 spiro atoms. The second kappa shape index (κ2) is 5.20. The lowest BCUT2D eigenvalue weighted by atomic mass is 9.87. The van der Waals surface area contributed by atoms with E-state index in [0.29, 0.717) is 26.1 Å². The maximum Gasteiger partial charge on any atom is 0.306 e. The molecule has 1 saturated heterocycles. The van der Waals surface area contributed by atoms with Gasteiger partial charge in [-0.25, -0.2) is 0 Å². The van der Waals surface area contributed by atoms with E-state index in [1.807, 2.05) is 12.3 Å². The van der Waals surface area contributed by atoms with Gasteiger partial charge in [-0.2, -0.15) is 5.10 Å². The summed E-state index contributed by atoms with van der Waals surface area (Å²) in [5, 5.41) is 12.9. The number of carbonyl (C=O) groups excluding carboxylic acids is 1. The molecule has 1 aliphatic rings. The van der Waals surface area contributed by atoms with Crippen LogP contribution >= 0.6 is 0 Å². The average Bonchev–Trinajstić information content (AvgIpc) is 2.76. The Morgan fingerprint density at radius 1 is 1.50 bits per heavy atom. The van der Waals surface area contributed by atoms with Crippen molar-refractivity contribution in [1.29, 1.82) is 0 Å². The van der Waals surface area contributed by atoms with Gasteiger partial charge in [0.05, 0.1) is 5.92 Å². The van der Waals surface area contributed by atoms with Gasteiger partial charge in [0, 0.05) is 44.4 Å². The molecule has 1 atom stereocenters. The number of hydrogen-bond acceptors (Lipinski definition) is 3. The normalized spacial score (nSPS) is 17.3. The molecular formula is C12H17N3O3. The Morgan fingerprint density at radius 3 is 2.78 bits per heavy atom. The Balaban J connectivity index is 1.71. The van der Waals surface area contributed by atoms with E-state index >= 15 is 0 Å². The quantitative estimate of drug-likeness (QED) is 0.824. The lowest BCUT2D eigenvalue weighted by molar-refractivity contribution is -0.150. The second-order valence-corrected chi connectivity index (χ2v) is 4.70. The van der Waals surface area contributed by atoms with Crippen molar-refractivity contribution in [3.05, 3.63) is 18.5 Å². The molecule has 1 fully saturated rings. The number of likely N-dealkylation sites (tertiary alicyclic amines) is 1. The van der Waals surface area contributed by atoms with Crippen LogP contribution in [0.3, 0.4) is 0 Å². The van der Waals surface area contributed by atoms with Gasteiger partial charge >= 0.3 is 5.97 Å². The van der Waals surface area contributed by atoms with Crippen LogP contribution in [-0.4, -0.2) is 44.8 Å². The second-order valence-electron chi connectivity index (χ2n) is 4.70. The zero-order chi connectivity index (χ0) is 13.1. The van der Waals surface area contributed by atoms with E-state index in [-0.39, 0.29) is 17.7 Å². The van der Waals surface area contributed by atoms with Crippen LogP contribution in [0.5, 0.6) is 0 Å². The minimum Gasteiger partial charge on any atom is -0.481 e. The number of carboxylic acids is 1. The molecule has 1 aliphatic heterocycles. The number of carboxylic acid groups (broad SMARTS) is 1. The average molecular weight is 251 g/mol. The molecule has 1 amide bonds. The van der Waals surface area contributed by atoms with Gasteiger partial charge in [-0.1, -0.05) is 6.92 Å². The summed E-state index contributed by atoms with van der Waals surface area (Å²) in [4.78, 5) is 24.3. The largest absolute Gasteiger partial charge is 0.481 e. The summed E-state index contributed by atoms with van der Waals surface area (Å²) in [7, 11) is 0. The maximum absolute atomic E-state index is 11.8. The van der Waals surface area contributed by atoms with Crippen molar-refractivity contribution in [1.82, 2.24) is 14.7 Å². The minimum absolute atomic E-state index is 0.0688. The number of nitrogens with zero attached hydrogens (tertiary/aromatic N) is 3. The van der Waals surface area contributed by atoms with Crippen LogP contribution in [0, 0.1) is 11.8 Å². The van der Waals surface area contributed by atoms with E-state index in [2.05, 4.69) is 5.10 Å². The molecule has 6 heteroatoms. The van der Waals surface area contributed by atoms with Gasteiger partial charge in [0.15, 0.2) is 0 Å². The Morgan fingerprint density at radius 2 is 2.22 bits per heavy atom. The van der Waals surface area contributed by atoms with Crippen molar-refractivity contribution in [3.8, 4) is 0 Å². The third kappa shape index (κ3) is 2.69. The SMILES string of the molecule is CC(C(=O)O)C1CN(C(=O)CCn2cccn2)C1. The summed E-state index contributed by atoms with van der Waals surface area (Å²) in [5.74, 6) is -1.00. The first-order valence-corrected chi connectivity index (χ1v) is 6.06. The van der Waals surface area contributed by atoms with Crippen LogP contribution < -0.4 is 0 Å². The summed E-state index contributed by atoms with van der Waals surface area (Å²) in [6.07, 6.45) is 3.91. The molecule has 2 rings (SSSR count). The van der Waals surface area contributed by atoms with Gasteiger partial charge in [0.1, 0.15) is 0 Å². The van der Waals surface area contributed by atoms with E-state index in [4.69, 9.17) is 5.11 Å². The molecule has 6 nitrogen and oxygen atoms in total. The number of rotatable bonds is 5. The maximum atomic E-state index is 11.8. The van der Waals surface area contributed by atoms with E-state index < -0.39 is 5.97 Å².